The Morgan fingerprint density at radius 1 is 1.29 bits per heavy atom. The van der Waals surface area contributed by atoms with Gasteiger partial charge in [-0.3, -0.25) is 9.78 Å². The Kier molecular flexibility index (Phi) is 3.70. The van der Waals surface area contributed by atoms with Crippen LogP contribution in [0.5, 0.6) is 0 Å². The Labute approximate surface area is 125 Å². The molecule has 0 saturated heterocycles. The van der Waals surface area contributed by atoms with E-state index in [0.29, 0.717) is 5.56 Å². The average Bonchev–Trinajstić information content (AvgIpc) is 2.87. The smallest absolute Gasteiger partial charge is 0.267 e. The van der Waals surface area contributed by atoms with Crippen molar-refractivity contribution in [1.82, 2.24) is 15.4 Å². The number of aryl methyl sites for hydroxylation is 1. The molecular weight excluding hydrogens is 284 g/mol. The molecule has 0 aliphatic heterocycles. The van der Waals surface area contributed by atoms with Crippen LogP contribution in [0.1, 0.15) is 20.9 Å². The van der Waals surface area contributed by atoms with E-state index in [1.165, 1.54) is 0 Å². The zero-order chi connectivity index (χ0) is 14.7. The molecule has 2 heterocycles. The van der Waals surface area contributed by atoms with E-state index in [1.807, 2.05) is 25.1 Å². The summed E-state index contributed by atoms with van der Waals surface area (Å²) in [6.07, 6.45) is 4.75. The van der Waals surface area contributed by atoms with Crippen LogP contribution in [0, 0.1) is 6.92 Å². The van der Waals surface area contributed by atoms with E-state index in [-0.39, 0.29) is 5.91 Å². The molecule has 5 nitrogen and oxygen atoms in total. The number of carbonyl (C=O) groups excluding carboxylic acids is 1. The molecule has 0 radical (unpaired) electrons. The van der Waals surface area contributed by atoms with Crippen molar-refractivity contribution in [2.24, 2.45) is 5.10 Å². The second-order valence-corrected chi connectivity index (χ2v) is 5.63. The molecule has 0 aliphatic rings. The summed E-state index contributed by atoms with van der Waals surface area (Å²) in [7, 11) is 0. The molecule has 3 rings (SSSR count). The largest absolute Gasteiger partial charge is 0.271 e. The van der Waals surface area contributed by atoms with Gasteiger partial charge in [0.2, 0.25) is 0 Å². The maximum Gasteiger partial charge on any atom is 0.271 e. The lowest BCUT2D eigenvalue weighted by atomic mass is 10.2. The summed E-state index contributed by atoms with van der Waals surface area (Å²) in [5.74, 6) is -0.261. The molecule has 1 N–H and O–H groups in total. The number of fused-ring (bicyclic) bond motifs is 1. The van der Waals surface area contributed by atoms with Crippen molar-refractivity contribution in [2.75, 3.05) is 0 Å². The minimum Gasteiger partial charge on any atom is -0.267 e. The summed E-state index contributed by atoms with van der Waals surface area (Å²) in [4.78, 5) is 20.1. The van der Waals surface area contributed by atoms with E-state index < -0.39 is 0 Å². The van der Waals surface area contributed by atoms with Gasteiger partial charge in [-0.25, -0.2) is 10.4 Å². The fraction of sp³-hybridized carbons (Fsp3) is 0.0667. The number of hydrogen-bond donors (Lipinski definition) is 1. The molecule has 21 heavy (non-hydrogen) atoms. The van der Waals surface area contributed by atoms with Crippen molar-refractivity contribution in [1.29, 1.82) is 0 Å². The number of hydrogen-bond acceptors (Lipinski definition) is 5. The molecule has 0 bridgehead atoms. The van der Waals surface area contributed by atoms with Crippen LogP contribution in [0.15, 0.2) is 47.8 Å². The summed E-state index contributed by atoms with van der Waals surface area (Å²) >= 11 is 1.64. The molecule has 3 aromatic rings. The fourth-order valence-corrected chi connectivity index (χ4v) is 2.75. The van der Waals surface area contributed by atoms with Crippen LogP contribution in [0.3, 0.4) is 0 Å². The van der Waals surface area contributed by atoms with Crippen LogP contribution in [0.4, 0.5) is 0 Å². The molecule has 6 heteroatoms. The first-order valence-corrected chi connectivity index (χ1v) is 7.15. The summed E-state index contributed by atoms with van der Waals surface area (Å²) < 4.78 is 1.11. The molecule has 1 amide bonds. The number of carbonyl (C=O) groups is 1. The topological polar surface area (TPSA) is 67.2 Å². The van der Waals surface area contributed by atoms with Crippen molar-refractivity contribution in [2.45, 2.75) is 6.92 Å². The van der Waals surface area contributed by atoms with Crippen LogP contribution < -0.4 is 5.43 Å². The Morgan fingerprint density at radius 3 is 2.90 bits per heavy atom. The highest BCUT2D eigenvalue weighted by molar-refractivity contribution is 7.18. The highest BCUT2D eigenvalue weighted by atomic mass is 32.1. The number of nitrogens with one attached hydrogen (secondary N) is 1. The van der Waals surface area contributed by atoms with E-state index in [4.69, 9.17) is 0 Å². The highest BCUT2D eigenvalue weighted by Crippen LogP contribution is 2.21. The second kappa shape index (κ2) is 5.80. The van der Waals surface area contributed by atoms with Gasteiger partial charge in [-0.1, -0.05) is 6.07 Å². The Hall–Kier alpha value is -2.60. The van der Waals surface area contributed by atoms with Crippen molar-refractivity contribution in [3.05, 3.63) is 58.9 Å². The van der Waals surface area contributed by atoms with E-state index in [1.54, 1.807) is 42.1 Å². The lowest BCUT2D eigenvalue weighted by Gasteiger charge is -1.98. The van der Waals surface area contributed by atoms with Gasteiger partial charge in [-0.15, -0.1) is 11.3 Å². The molecule has 0 spiro atoms. The van der Waals surface area contributed by atoms with Gasteiger partial charge in [0.05, 0.1) is 21.4 Å². The van der Waals surface area contributed by atoms with Gasteiger partial charge in [0.25, 0.3) is 5.91 Å². The number of aromatic nitrogens is 2. The van der Waals surface area contributed by atoms with Crippen molar-refractivity contribution < 1.29 is 4.79 Å². The third-order valence-corrected chi connectivity index (χ3v) is 3.78. The molecular formula is C15H12N4OS. The quantitative estimate of drug-likeness (QED) is 0.597. The van der Waals surface area contributed by atoms with Crippen LogP contribution in [0.25, 0.3) is 10.2 Å². The predicted molar refractivity (Wildman–Crippen MR) is 83.7 cm³/mol. The predicted octanol–water partition coefficient (Wildman–Crippen LogP) is 2.76. The number of rotatable bonds is 3. The van der Waals surface area contributed by atoms with Crippen LogP contribution >= 0.6 is 11.3 Å². The van der Waals surface area contributed by atoms with Crippen LogP contribution in [-0.4, -0.2) is 22.1 Å². The summed E-state index contributed by atoms with van der Waals surface area (Å²) in [5.41, 5.74) is 4.91. The van der Waals surface area contributed by atoms with Crippen LogP contribution in [0.2, 0.25) is 0 Å². The summed E-state index contributed by atoms with van der Waals surface area (Å²) in [6.45, 7) is 1.98. The zero-order valence-corrected chi connectivity index (χ0v) is 12.1. The minimum atomic E-state index is -0.261. The Morgan fingerprint density at radius 2 is 2.10 bits per heavy atom. The molecule has 1 aromatic carbocycles. The second-order valence-electron chi connectivity index (χ2n) is 4.40. The Balaban J connectivity index is 1.71. The number of amides is 1. The molecule has 0 fully saturated rings. The van der Waals surface area contributed by atoms with Gasteiger partial charge in [0.1, 0.15) is 0 Å². The van der Waals surface area contributed by atoms with Crippen molar-refractivity contribution in [3.8, 4) is 0 Å². The molecule has 2 aromatic heterocycles. The van der Waals surface area contributed by atoms with E-state index in [9.17, 15) is 4.79 Å². The van der Waals surface area contributed by atoms with Gasteiger partial charge in [0, 0.05) is 18.0 Å². The van der Waals surface area contributed by atoms with Gasteiger partial charge >= 0.3 is 0 Å². The minimum absolute atomic E-state index is 0.261. The average molecular weight is 296 g/mol. The Bertz CT molecular complexity index is 811. The number of benzene rings is 1. The first-order valence-electron chi connectivity index (χ1n) is 6.33. The molecule has 0 aliphatic carbocycles. The van der Waals surface area contributed by atoms with E-state index in [0.717, 1.165) is 20.8 Å². The lowest BCUT2D eigenvalue weighted by Crippen LogP contribution is -2.17. The maximum atomic E-state index is 11.8. The third-order valence-electron chi connectivity index (χ3n) is 2.84. The van der Waals surface area contributed by atoms with E-state index >= 15 is 0 Å². The molecule has 0 atom stereocenters. The number of nitrogens with zero attached hydrogens (tertiary/aromatic N) is 3. The SMILES string of the molecule is Cc1nc2ccc(C=NNC(=O)c3ccncc3)cc2s1. The van der Waals surface area contributed by atoms with Crippen LogP contribution in [-0.2, 0) is 0 Å². The number of pyridine rings is 1. The third kappa shape index (κ3) is 3.11. The lowest BCUT2D eigenvalue weighted by molar-refractivity contribution is 0.0955. The normalized spacial score (nSPS) is 11.1. The van der Waals surface area contributed by atoms with E-state index in [2.05, 4.69) is 20.5 Å². The van der Waals surface area contributed by atoms with Gasteiger partial charge in [0.15, 0.2) is 0 Å². The molecule has 104 valence electrons. The highest BCUT2D eigenvalue weighted by Gasteiger charge is 2.03. The summed E-state index contributed by atoms with van der Waals surface area (Å²) in [5, 5.41) is 5.00. The first-order chi connectivity index (χ1) is 10.2. The van der Waals surface area contributed by atoms with Gasteiger partial charge in [-0.2, -0.15) is 5.10 Å². The maximum absolute atomic E-state index is 11.8. The zero-order valence-electron chi connectivity index (χ0n) is 11.3. The van der Waals surface area contributed by atoms with Crippen molar-refractivity contribution in [3.63, 3.8) is 0 Å². The monoisotopic (exact) mass is 296 g/mol. The fourth-order valence-electron chi connectivity index (χ4n) is 1.87. The molecule has 0 saturated carbocycles. The standard InChI is InChI=1S/C15H12N4OS/c1-10-18-13-3-2-11(8-14(13)21-10)9-17-19-15(20)12-4-6-16-7-5-12/h2-9H,1H3,(H,19,20). The number of hydrazone groups is 1. The first kappa shape index (κ1) is 13.4. The summed E-state index contributed by atoms with van der Waals surface area (Å²) in [6, 6.07) is 9.14. The van der Waals surface area contributed by atoms with Gasteiger partial charge < -0.3 is 0 Å². The molecule has 0 unspecified atom stereocenters. The van der Waals surface area contributed by atoms with Gasteiger partial charge in [-0.05, 0) is 36.8 Å². The van der Waals surface area contributed by atoms with Crippen molar-refractivity contribution >= 4 is 33.7 Å². The number of thiazole rings is 1.